The molecule has 0 amide bonds. The van der Waals surface area contributed by atoms with Gasteiger partial charge < -0.3 is 20.1 Å². The fraction of sp³-hybridized carbons (Fsp3) is 0.611. The monoisotopic (exact) mass is 337 g/mol. The van der Waals surface area contributed by atoms with Gasteiger partial charge in [0, 0.05) is 18.7 Å². The van der Waals surface area contributed by atoms with Gasteiger partial charge in [0.15, 0.2) is 0 Å². The normalized spacial score (nSPS) is 24.7. The zero-order valence-corrected chi connectivity index (χ0v) is 14.1. The van der Waals surface area contributed by atoms with Crippen molar-refractivity contribution < 1.29 is 24.9 Å². The summed E-state index contributed by atoms with van der Waals surface area (Å²) in [5.41, 5.74) is -0.0607. The number of hydrogen-bond donors (Lipinski definition) is 3. The summed E-state index contributed by atoms with van der Waals surface area (Å²) in [4.78, 5) is 13.8. The number of ether oxygens (including phenoxy) is 1. The highest BCUT2D eigenvalue weighted by molar-refractivity contribution is 5.75. The number of hydrogen-bond acceptors (Lipinski definition) is 5. The number of β-amino-alcohol motifs (C(OH)–C–C–N with tert-alkyl or cyclic N) is 1. The Morgan fingerprint density at radius 3 is 2.79 bits per heavy atom. The van der Waals surface area contributed by atoms with Gasteiger partial charge in [-0.2, -0.15) is 0 Å². The minimum Gasteiger partial charge on any atom is -0.491 e. The Labute approximate surface area is 142 Å². The molecule has 1 aliphatic rings. The Balaban J connectivity index is 2.05. The Morgan fingerprint density at radius 1 is 1.42 bits per heavy atom. The van der Waals surface area contributed by atoms with Crippen molar-refractivity contribution in [2.45, 2.75) is 38.8 Å². The summed E-state index contributed by atoms with van der Waals surface area (Å²) in [5, 5.41) is 29.0. The van der Waals surface area contributed by atoms with E-state index in [0.29, 0.717) is 38.2 Å². The zero-order valence-electron chi connectivity index (χ0n) is 14.1. The van der Waals surface area contributed by atoms with E-state index in [-0.39, 0.29) is 13.2 Å². The lowest BCUT2D eigenvalue weighted by molar-refractivity contribution is -0.164. The number of carbonyl (C=O) groups is 1. The third kappa shape index (κ3) is 4.06. The van der Waals surface area contributed by atoms with E-state index in [1.807, 2.05) is 31.2 Å². The van der Waals surface area contributed by atoms with Crippen molar-refractivity contribution in [1.82, 2.24) is 4.90 Å². The summed E-state index contributed by atoms with van der Waals surface area (Å²) in [6.07, 6.45) is 0.792. The highest BCUT2D eigenvalue weighted by Gasteiger charge is 2.47. The SMILES string of the molecule is CCC[C@]1(C(=O)O)CCN(Cc2ccccc2OCCO)CC1O. The van der Waals surface area contributed by atoms with Crippen LogP contribution in [0.4, 0.5) is 0 Å². The van der Waals surface area contributed by atoms with Gasteiger partial charge in [0.05, 0.1) is 18.1 Å². The van der Waals surface area contributed by atoms with Crippen LogP contribution in [0.3, 0.4) is 0 Å². The topological polar surface area (TPSA) is 90.2 Å². The lowest BCUT2D eigenvalue weighted by atomic mass is 9.73. The number of aliphatic hydroxyl groups is 2. The van der Waals surface area contributed by atoms with Crippen molar-refractivity contribution >= 4 is 5.97 Å². The molecule has 6 heteroatoms. The first-order valence-electron chi connectivity index (χ1n) is 8.49. The van der Waals surface area contributed by atoms with Crippen molar-refractivity contribution in [1.29, 1.82) is 0 Å². The number of piperidine rings is 1. The Kier molecular flexibility index (Phi) is 6.60. The second-order valence-corrected chi connectivity index (χ2v) is 6.39. The minimum absolute atomic E-state index is 0.0467. The van der Waals surface area contributed by atoms with E-state index >= 15 is 0 Å². The number of benzene rings is 1. The molecule has 2 rings (SSSR count). The summed E-state index contributed by atoms with van der Waals surface area (Å²) in [6.45, 7) is 3.67. The van der Waals surface area contributed by atoms with Gasteiger partial charge in [0.2, 0.25) is 0 Å². The number of para-hydroxylation sites is 1. The van der Waals surface area contributed by atoms with Gasteiger partial charge >= 0.3 is 5.97 Å². The molecule has 1 aromatic carbocycles. The van der Waals surface area contributed by atoms with Crippen LogP contribution >= 0.6 is 0 Å². The number of aliphatic carboxylic acids is 1. The minimum atomic E-state index is -1.03. The Morgan fingerprint density at radius 2 is 2.17 bits per heavy atom. The molecule has 0 radical (unpaired) electrons. The van der Waals surface area contributed by atoms with Gasteiger partial charge in [0.1, 0.15) is 12.4 Å². The van der Waals surface area contributed by atoms with E-state index in [9.17, 15) is 15.0 Å². The van der Waals surface area contributed by atoms with Crippen molar-refractivity contribution in [2.24, 2.45) is 5.41 Å². The highest BCUT2D eigenvalue weighted by Crippen LogP contribution is 2.37. The van der Waals surface area contributed by atoms with Crippen molar-refractivity contribution in [3.8, 4) is 5.75 Å². The predicted molar refractivity (Wildman–Crippen MR) is 89.9 cm³/mol. The standard InChI is InChI=1S/C18H27NO5/c1-2-7-18(17(22)23)8-9-19(13-16(18)21)12-14-5-3-4-6-15(14)24-11-10-20/h3-6,16,20-21H,2,7-13H2,1H3,(H,22,23)/t16?,18-/m0/s1. The molecule has 1 saturated heterocycles. The first kappa shape index (κ1) is 18.7. The van der Waals surface area contributed by atoms with Gasteiger partial charge in [-0.3, -0.25) is 9.69 Å². The molecule has 0 saturated carbocycles. The third-order valence-corrected chi connectivity index (χ3v) is 4.78. The van der Waals surface area contributed by atoms with Crippen molar-refractivity contribution in [3.05, 3.63) is 29.8 Å². The second-order valence-electron chi connectivity index (χ2n) is 6.39. The molecule has 0 aromatic heterocycles. The van der Waals surface area contributed by atoms with Crippen LogP contribution < -0.4 is 4.74 Å². The lowest BCUT2D eigenvalue weighted by Crippen LogP contribution is -2.54. The summed E-state index contributed by atoms with van der Waals surface area (Å²) in [7, 11) is 0. The first-order valence-corrected chi connectivity index (χ1v) is 8.49. The molecular weight excluding hydrogens is 310 g/mol. The van der Waals surface area contributed by atoms with E-state index in [2.05, 4.69) is 4.90 Å². The molecule has 1 aromatic rings. The van der Waals surface area contributed by atoms with Crippen LogP contribution in [0, 0.1) is 5.41 Å². The van der Waals surface area contributed by atoms with Gasteiger partial charge in [0.25, 0.3) is 0 Å². The number of likely N-dealkylation sites (tertiary alicyclic amines) is 1. The summed E-state index contributed by atoms with van der Waals surface area (Å²) in [6, 6.07) is 7.59. The molecule has 134 valence electrons. The quantitative estimate of drug-likeness (QED) is 0.666. The Bertz CT molecular complexity index is 550. The Hall–Kier alpha value is -1.63. The van der Waals surface area contributed by atoms with E-state index in [4.69, 9.17) is 9.84 Å². The molecule has 1 aliphatic heterocycles. The maximum atomic E-state index is 11.7. The number of carboxylic acid groups (broad SMARTS) is 1. The molecule has 3 N–H and O–H groups in total. The van der Waals surface area contributed by atoms with Crippen LogP contribution in [0.5, 0.6) is 5.75 Å². The smallest absolute Gasteiger partial charge is 0.312 e. The fourth-order valence-corrected chi connectivity index (χ4v) is 3.44. The molecule has 0 spiro atoms. The maximum Gasteiger partial charge on any atom is 0.312 e. The van der Waals surface area contributed by atoms with E-state index in [0.717, 1.165) is 12.0 Å². The summed E-state index contributed by atoms with van der Waals surface area (Å²) in [5.74, 6) is -0.187. The van der Waals surface area contributed by atoms with Gasteiger partial charge in [-0.05, 0) is 25.5 Å². The highest BCUT2D eigenvalue weighted by atomic mass is 16.5. The van der Waals surface area contributed by atoms with Gasteiger partial charge in [-0.1, -0.05) is 31.5 Å². The molecule has 0 aliphatic carbocycles. The van der Waals surface area contributed by atoms with Crippen molar-refractivity contribution in [2.75, 3.05) is 26.3 Å². The van der Waals surface area contributed by atoms with E-state index in [1.54, 1.807) is 0 Å². The lowest BCUT2D eigenvalue weighted by Gasteiger charge is -2.42. The van der Waals surface area contributed by atoms with Crippen LogP contribution in [-0.2, 0) is 11.3 Å². The zero-order chi connectivity index (χ0) is 17.6. The average Bonchev–Trinajstić information content (AvgIpc) is 2.56. The first-order chi connectivity index (χ1) is 11.5. The number of rotatable bonds is 8. The molecular formula is C18H27NO5. The summed E-state index contributed by atoms with van der Waals surface area (Å²) < 4.78 is 5.54. The third-order valence-electron chi connectivity index (χ3n) is 4.78. The van der Waals surface area contributed by atoms with Crippen LogP contribution in [0.15, 0.2) is 24.3 Å². The van der Waals surface area contributed by atoms with Crippen LogP contribution in [0.2, 0.25) is 0 Å². The van der Waals surface area contributed by atoms with Crippen LogP contribution in [-0.4, -0.2) is 58.6 Å². The molecule has 1 fully saturated rings. The molecule has 2 atom stereocenters. The second kappa shape index (κ2) is 8.46. The number of carboxylic acids is 1. The molecule has 1 unspecified atom stereocenters. The van der Waals surface area contributed by atoms with E-state index in [1.165, 1.54) is 0 Å². The van der Waals surface area contributed by atoms with Gasteiger partial charge in [-0.15, -0.1) is 0 Å². The predicted octanol–water partition coefficient (Wildman–Crippen LogP) is 1.50. The maximum absolute atomic E-state index is 11.7. The number of aliphatic hydroxyl groups excluding tert-OH is 2. The number of nitrogens with zero attached hydrogens (tertiary/aromatic N) is 1. The molecule has 0 bridgehead atoms. The molecule has 24 heavy (non-hydrogen) atoms. The van der Waals surface area contributed by atoms with Crippen LogP contribution in [0.1, 0.15) is 31.7 Å². The fourth-order valence-electron chi connectivity index (χ4n) is 3.44. The van der Waals surface area contributed by atoms with E-state index < -0.39 is 17.5 Å². The average molecular weight is 337 g/mol. The van der Waals surface area contributed by atoms with Gasteiger partial charge in [-0.25, -0.2) is 0 Å². The van der Waals surface area contributed by atoms with Crippen LogP contribution in [0.25, 0.3) is 0 Å². The summed E-state index contributed by atoms with van der Waals surface area (Å²) >= 11 is 0. The largest absolute Gasteiger partial charge is 0.491 e. The molecule has 1 heterocycles. The van der Waals surface area contributed by atoms with Crippen molar-refractivity contribution in [3.63, 3.8) is 0 Å². The molecule has 6 nitrogen and oxygen atoms in total.